The second-order valence-electron chi connectivity index (χ2n) is 6.57. The fourth-order valence-electron chi connectivity index (χ4n) is 3.44. The summed E-state index contributed by atoms with van der Waals surface area (Å²) < 4.78 is 5.72. The molecule has 0 aromatic heterocycles. The van der Waals surface area contributed by atoms with Gasteiger partial charge in [0, 0.05) is 14.0 Å². The molecule has 2 rings (SSSR count). The van der Waals surface area contributed by atoms with Gasteiger partial charge in [-0.15, -0.1) is 0 Å². The Bertz CT molecular complexity index is 594. The Morgan fingerprint density at radius 3 is 2.50 bits per heavy atom. The van der Waals surface area contributed by atoms with Crippen molar-refractivity contribution in [3.05, 3.63) is 23.8 Å². The summed E-state index contributed by atoms with van der Waals surface area (Å²) in [6, 6.07) is 5.65. The van der Waals surface area contributed by atoms with Gasteiger partial charge in [0.05, 0.1) is 12.8 Å². The lowest BCUT2D eigenvalue weighted by Crippen LogP contribution is -2.45. The van der Waals surface area contributed by atoms with Crippen LogP contribution in [0.2, 0.25) is 0 Å². The monoisotopic (exact) mass is 332 g/mol. The molecule has 1 aromatic carbocycles. The van der Waals surface area contributed by atoms with E-state index in [9.17, 15) is 9.59 Å². The quantitative estimate of drug-likeness (QED) is 0.899. The maximum absolute atomic E-state index is 12.1. The van der Waals surface area contributed by atoms with Crippen LogP contribution in [0.15, 0.2) is 18.2 Å². The largest absolute Gasteiger partial charge is 0.494 e. The van der Waals surface area contributed by atoms with E-state index in [0.717, 1.165) is 11.4 Å². The number of hydrogen-bond acceptors (Lipinski definition) is 4. The number of carbonyl (C=O) groups is 2. The third-order valence-electron chi connectivity index (χ3n) is 4.91. The van der Waals surface area contributed by atoms with Crippen LogP contribution in [0.25, 0.3) is 0 Å². The standard InChI is InChI=1S/C19H28N2O3/c1-13(19(23)20-14(2)22)21(3)17-12-8-11-16(18(17)24-4)15-9-6-5-7-10-15/h8,11-13,15H,5-7,9-10H2,1-4H3,(H,20,22,23). The van der Waals surface area contributed by atoms with E-state index in [2.05, 4.69) is 11.4 Å². The lowest BCUT2D eigenvalue weighted by molar-refractivity contribution is -0.129. The number of hydrogen-bond donors (Lipinski definition) is 1. The highest BCUT2D eigenvalue weighted by Crippen LogP contribution is 2.42. The summed E-state index contributed by atoms with van der Waals surface area (Å²) in [5.74, 6) is 0.705. The van der Waals surface area contributed by atoms with E-state index < -0.39 is 6.04 Å². The van der Waals surface area contributed by atoms with Crippen molar-refractivity contribution in [3.8, 4) is 5.75 Å². The van der Waals surface area contributed by atoms with Gasteiger partial charge in [-0.25, -0.2) is 0 Å². The fraction of sp³-hybridized carbons (Fsp3) is 0.579. The molecule has 1 aliphatic rings. The number of nitrogens with zero attached hydrogens (tertiary/aromatic N) is 1. The van der Waals surface area contributed by atoms with Crippen molar-refractivity contribution in [2.24, 2.45) is 0 Å². The molecule has 132 valence electrons. The molecule has 0 bridgehead atoms. The minimum absolute atomic E-state index is 0.310. The first-order valence-electron chi connectivity index (χ1n) is 8.66. The highest BCUT2D eigenvalue weighted by atomic mass is 16.5. The van der Waals surface area contributed by atoms with E-state index in [1.54, 1.807) is 14.0 Å². The van der Waals surface area contributed by atoms with Crippen LogP contribution in [-0.4, -0.2) is 32.0 Å². The van der Waals surface area contributed by atoms with Crippen LogP contribution in [0, 0.1) is 0 Å². The first-order chi connectivity index (χ1) is 11.5. The topological polar surface area (TPSA) is 58.6 Å². The molecule has 1 saturated carbocycles. The molecular formula is C19H28N2O3. The first-order valence-corrected chi connectivity index (χ1v) is 8.66. The van der Waals surface area contributed by atoms with Gasteiger partial charge >= 0.3 is 0 Å². The number of ether oxygens (including phenoxy) is 1. The van der Waals surface area contributed by atoms with Crippen LogP contribution in [-0.2, 0) is 9.59 Å². The molecule has 1 unspecified atom stereocenters. The van der Waals surface area contributed by atoms with Gasteiger partial charge < -0.3 is 9.64 Å². The van der Waals surface area contributed by atoms with Gasteiger partial charge in [0.15, 0.2) is 0 Å². The van der Waals surface area contributed by atoms with Crippen molar-refractivity contribution >= 4 is 17.5 Å². The summed E-state index contributed by atoms with van der Waals surface area (Å²) >= 11 is 0. The summed E-state index contributed by atoms with van der Waals surface area (Å²) in [5, 5.41) is 2.35. The Morgan fingerprint density at radius 2 is 1.92 bits per heavy atom. The number of rotatable bonds is 5. The number of imide groups is 1. The molecule has 5 nitrogen and oxygen atoms in total. The molecule has 2 amide bonds. The zero-order chi connectivity index (χ0) is 17.7. The highest BCUT2D eigenvalue weighted by molar-refractivity contribution is 5.98. The van der Waals surface area contributed by atoms with Gasteiger partial charge in [0.1, 0.15) is 11.8 Å². The SMILES string of the molecule is COc1c(C2CCCCC2)cccc1N(C)C(C)C(=O)NC(C)=O. The van der Waals surface area contributed by atoms with Crippen molar-refractivity contribution in [3.63, 3.8) is 0 Å². The third kappa shape index (κ3) is 4.08. The number of nitrogens with one attached hydrogen (secondary N) is 1. The molecule has 5 heteroatoms. The predicted octanol–water partition coefficient (Wildman–Crippen LogP) is 3.23. The highest BCUT2D eigenvalue weighted by Gasteiger charge is 2.25. The van der Waals surface area contributed by atoms with Crippen LogP contribution in [0.1, 0.15) is 57.4 Å². The second-order valence-corrected chi connectivity index (χ2v) is 6.57. The van der Waals surface area contributed by atoms with Crippen molar-refractivity contribution in [1.82, 2.24) is 5.32 Å². The molecule has 1 aromatic rings. The number of benzene rings is 1. The van der Waals surface area contributed by atoms with Gasteiger partial charge in [-0.2, -0.15) is 0 Å². The van der Waals surface area contributed by atoms with Gasteiger partial charge in [0.25, 0.3) is 0 Å². The maximum atomic E-state index is 12.1. The molecule has 0 heterocycles. The Kier molecular flexibility index (Phi) is 6.23. The average Bonchev–Trinajstić information content (AvgIpc) is 2.59. The molecule has 0 aliphatic heterocycles. The molecule has 0 radical (unpaired) electrons. The second kappa shape index (κ2) is 8.18. The van der Waals surface area contributed by atoms with Crippen LogP contribution in [0.3, 0.4) is 0 Å². The Balaban J connectivity index is 2.28. The van der Waals surface area contributed by atoms with Gasteiger partial charge in [-0.1, -0.05) is 31.4 Å². The minimum Gasteiger partial charge on any atom is -0.494 e. The van der Waals surface area contributed by atoms with Crippen molar-refractivity contribution in [2.75, 3.05) is 19.1 Å². The lowest BCUT2D eigenvalue weighted by Gasteiger charge is -2.30. The Hall–Kier alpha value is -2.04. The maximum Gasteiger partial charge on any atom is 0.248 e. The van der Waals surface area contributed by atoms with E-state index in [-0.39, 0.29) is 11.8 Å². The summed E-state index contributed by atoms with van der Waals surface area (Å²) in [6.07, 6.45) is 6.19. The van der Waals surface area contributed by atoms with E-state index in [1.165, 1.54) is 44.6 Å². The molecule has 0 saturated heterocycles. The third-order valence-corrected chi connectivity index (χ3v) is 4.91. The summed E-state index contributed by atoms with van der Waals surface area (Å²) in [5.41, 5.74) is 2.10. The van der Waals surface area contributed by atoms with Gasteiger partial charge in [-0.05, 0) is 37.3 Å². The summed E-state index contributed by atoms with van der Waals surface area (Å²) in [4.78, 5) is 25.1. The van der Waals surface area contributed by atoms with Crippen LogP contribution < -0.4 is 15.0 Å². The van der Waals surface area contributed by atoms with Crippen molar-refractivity contribution < 1.29 is 14.3 Å². The number of methoxy groups -OCH3 is 1. The number of para-hydroxylation sites is 1. The molecule has 1 fully saturated rings. The molecule has 0 spiro atoms. The first kappa shape index (κ1) is 18.3. The number of amides is 2. The lowest BCUT2D eigenvalue weighted by atomic mass is 9.83. The summed E-state index contributed by atoms with van der Waals surface area (Å²) in [6.45, 7) is 3.12. The number of likely N-dealkylation sites (N-methyl/N-ethyl adjacent to an activating group) is 1. The van der Waals surface area contributed by atoms with E-state index in [1.807, 2.05) is 24.1 Å². The van der Waals surface area contributed by atoms with Crippen LogP contribution in [0.5, 0.6) is 5.75 Å². The molecule has 1 atom stereocenters. The molecule has 1 N–H and O–H groups in total. The van der Waals surface area contributed by atoms with E-state index >= 15 is 0 Å². The van der Waals surface area contributed by atoms with E-state index in [4.69, 9.17) is 4.74 Å². The van der Waals surface area contributed by atoms with Crippen LogP contribution >= 0.6 is 0 Å². The van der Waals surface area contributed by atoms with Gasteiger partial charge in [-0.3, -0.25) is 14.9 Å². The average molecular weight is 332 g/mol. The Labute approximate surface area is 144 Å². The van der Waals surface area contributed by atoms with Crippen molar-refractivity contribution in [1.29, 1.82) is 0 Å². The van der Waals surface area contributed by atoms with Crippen LogP contribution in [0.4, 0.5) is 5.69 Å². The molecule has 1 aliphatic carbocycles. The summed E-state index contributed by atoms with van der Waals surface area (Å²) in [7, 11) is 3.53. The molecular weight excluding hydrogens is 304 g/mol. The van der Waals surface area contributed by atoms with Gasteiger partial charge in [0.2, 0.25) is 11.8 Å². The normalized spacial score (nSPS) is 16.3. The number of carbonyl (C=O) groups excluding carboxylic acids is 2. The number of anilines is 1. The Morgan fingerprint density at radius 1 is 1.25 bits per heavy atom. The minimum atomic E-state index is -0.468. The zero-order valence-electron chi connectivity index (χ0n) is 15.1. The fourth-order valence-corrected chi connectivity index (χ4v) is 3.44. The predicted molar refractivity (Wildman–Crippen MR) is 95.5 cm³/mol. The smallest absolute Gasteiger partial charge is 0.248 e. The van der Waals surface area contributed by atoms with Crippen molar-refractivity contribution in [2.45, 2.75) is 57.9 Å². The van der Waals surface area contributed by atoms with E-state index in [0.29, 0.717) is 5.92 Å². The molecule has 24 heavy (non-hydrogen) atoms. The zero-order valence-corrected chi connectivity index (χ0v) is 15.1.